The fourth-order valence-corrected chi connectivity index (χ4v) is 1.34. The summed E-state index contributed by atoms with van der Waals surface area (Å²) >= 11 is 0. The van der Waals surface area contributed by atoms with Crippen molar-refractivity contribution in [2.24, 2.45) is 0 Å². The Morgan fingerprint density at radius 2 is 2.11 bits per heavy atom. The number of aldehydes is 1. The van der Waals surface area contributed by atoms with E-state index in [1.807, 2.05) is 0 Å². The van der Waals surface area contributed by atoms with Crippen molar-refractivity contribution < 1.29 is 18.5 Å². The van der Waals surface area contributed by atoms with Crippen LogP contribution in [0.1, 0.15) is 10.5 Å². The first-order valence-electron chi connectivity index (χ1n) is 4.55. The molecule has 9 heteroatoms. The third kappa shape index (κ3) is 1.81. The Bertz CT molecular complexity index is 641. The number of nitro benzene ring substituents is 1. The third-order valence-corrected chi connectivity index (χ3v) is 2.11. The number of nitrogens with zero attached hydrogens (tertiary/aromatic N) is 4. The van der Waals surface area contributed by atoms with Crippen molar-refractivity contribution in [1.29, 1.82) is 0 Å². The summed E-state index contributed by atoms with van der Waals surface area (Å²) in [5, 5.41) is 17.4. The molecule has 0 unspecified atom stereocenters. The zero-order chi connectivity index (χ0) is 13.3. The van der Waals surface area contributed by atoms with Crippen LogP contribution in [0, 0.1) is 21.7 Å². The van der Waals surface area contributed by atoms with Crippen LogP contribution in [0.15, 0.2) is 18.3 Å². The second-order valence-corrected chi connectivity index (χ2v) is 3.19. The minimum atomic E-state index is -1.44. The topological polar surface area (TPSA) is 90.9 Å². The van der Waals surface area contributed by atoms with Crippen molar-refractivity contribution in [3.63, 3.8) is 0 Å². The van der Waals surface area contributed by atoms with Crippen LogP contribution in [0.4, 0.5) is 14.5 Å². The van der Waals surface area contributed by atoms with E-state index in [-0.39, 0.29) is 5.69 Å². The van der Waals surface area contributed by atoms with Crippen LogP contribution >= 0.6 is 0 Å². The lowest BCUT2D eigenvalue weighted by atomic mass is 10.2. The van der Waals surface area contributed by atoms with Gasteiger partial charge in [0.2, 0.25) is 0 Å². The van der Waals surface area contributed by atoms with E-state index < -0.39 is 27.9 Å². The molecule has 0 aliphatic heterocycles. The zero-order valence-electron chi connectivity index (χ0n) is 8.58. The largest absolute Gasteiger partial charge is 0.298 e. The van der Waals surface area contributed by atoms with E-state index in [1.165, 1.54) is 0 Å². The number of hydrogen-bond acceptors (Lipinski definition) is 5. The molecule has 92 valence electrons. The molecule has 7 nitrogen and oxygen atoms in total. The summed E-state index contributed by atoms with van der Waals surface area (Å²) in [5.41, 5.74) is -1.55. The van der Waals surface area contributed by atoms with Crippen LogP contribution in [0.2, 0.25) is 0 Å². The molecule has 1 heterocycles. The van der Waals surface area contributed by atoms with E-state index in [9.17, 15) is 23.7 Å². The average Bonchev–Trinajstić information content (AvgIpc) is 2.80. The minimum absolute atomic E-state index is 0.159. The molecule has 0 aliphatic carbocycles. The number of rotatable bonds is 3. The van der Waals surface area contributed by atoms with Gasteiger partial charge in [0.15, 0.2) is 23.6 Å². The molecule has 0 saturated carbocycles. The van der Waals surface area contributed by atoms with Gasteiger partial charge in [-0.05, 0) is 6.07 Å². The van der Waals surface area contributed by atoms with Gasteiger partial charge in [0.1, 0.15) is 5.69 Å². The number of benzene rings is 1. The molecule has 0 saturated heterocycles. The average molecular weight is 254 g/mol. The van der Waals surface area contributed by atoms with Crippen LogP contribution in [0.3, 0.4) is 0 Å². The van der Waals surface area contributed by atoms with E-state index in [0.717, 1.165) is 12.3 Å². The highest BCUT2D eigenvalue weighted by Gasteiger charge is 2.24. The Kier molecular flexibility index (Phi) is 2.80. The maximum absolute atomic E-state index is 13.6. The van der Waals surface area contributed by atoms with Gasteiger partial charge in [-0.3, -0.25) is 14.9 Å². The lowest BCUT2D eigenvalue weighted by Crippen LogP contribution is -2.05. The molecule has 0 aliphatic rings. The molecule has 1 aromatic carbocycles. The van der Waals surface area contributed by atoms with Crippen molar-refractivity contribution in [3.8, 4) is 5.69 Å². The van der Waals surface area contributed by atoms with Crippen molar-refractivity contribution in [2.75, 3.05) is 0 Å². The minimum Gasteiger partial charge on any atom is -0.296 e. The summed E-state index contributed by atoms with van der Waals surface area (Å²) in [5.74, 6) is -2.70. The molecule has 0 spiro atoms. The Morgan fingerprint density at radius 3 is 2.67 bits per heavy atom. The van der Waals surface area contributed by atoms with Crippen molar-refractivity contribution >= 4 is 12.0 Å². The molecule has 0 N–H and O–H groups in total. The van der Waals surface area contributed by atoms with Gasteiger partial charge in [0.05, 0.1) is 11.1 Å². The summed E-state index contributed by atoms with van der Waals surface area (Å²) in [6.45, 7) is 0. The molecule has 0 fully saturated rings. The molecular weight excluding hydrogens is 250 g/mol. The van der Waals surface area contributed by atoms with E-state index in [1.54, 1.807) is 0 Å². The van der Waals surface area contributed by atoms with Gasteiger partial charge in [0.25, 0.3) is 5.69 Å². The molecule has 0 atom stereocenters. The van der Waals surface area contributed by atoms with Crippen molar-refractivity contribution in [3.05, 3.63) is 45.8 Å². The lowest BCUT2D eigenvalue weighted by molar-refractivity contribution is -0.384. The number of hydrogen-bond donors (Lipinski definition) is 0. The predicted octanol–water partition coefficient (Wildman–Crippen LogP) is 1.27. The maximum Gasteiger partial charge on any atom is 0.298 e. The Balaban J connectivity index is 2.71. The smallest absolute Gasteiger partial charge is 0.296 e. The highest BCUT2D eigenvalue weighted by Crippen LogP contribution is 2.26. The van der Waals surface area contributed by atoms with Gasteiger partial charge < -0.3 is 0 Å². The summed E-state index contributed by atoms with van der Waals surface area (Å²) in [7, 11) is 0. The molecule has 0 amide bonds. The lowest BCUT2D eigenvalue weighted by Gasteiger charge is -2.03. The molecule has 18 heavy (non-hydrogen) atoms. The third-order valence-electron chi connectivity index (χ3n) is 2.11. The number of nitro groups is 1. The van der Waals surface area contributed by atoms with Crippen molar-refractivity contribution in [1.82, 2.24) is 15.0 Å². The molecule has 0 radical (unpaired) electrons. The number of carbonyl (C=O) groups is 1. The van der Waals surface area contributed by atoms with Crippen LogP contribution in [-0.4, -0.2) is 26.2 Å². The highest BCUT2D eigenvalue weighted by molar-refractivity contribution is 5.71. The monoisotopic (exact) mass is 254 g/mol. The first-order valence-corrected chi connectivity index (χ1v) is 4.55. The summed E-state index contributed by atoms with van der Waals surface area (Å²) in [6, 6.07) is 1.44. The molecule has 1 aromatic heterocycles. The van der Waals surface area contributed by atoms with E-state index >= 15 is 0 Å². The molecular formula is C9H4F2N4O3. The van der Waals surface area contributed by atoms with Gasteiger partial charge in [-0.25, -0.2) is 13.5 Å². The van der Waals surface area contributed by atoms with E-state index in [4.69, 9.17) is 0 Å². The Hall–Kier alpha value is -2.71. The van der Waals surface area contributed by atoms with Crippen molar-refractivity contribution in [2.45, 2.75) is 0 Å². The predicted molar refractivity (Wildman–Crippen MR) is 53.3 cm³/mol. The van der Waals surface area contributed by atoms with Gasteiger partial charge in [0, 0.05) is 6.07 Å². The fraction of sp³-hybridized carbons (Fsp3) is 0. The molecule has 2 aromatic rings. The first-order chi connectivity index (χ1) is 8.54. The standard InChI is InChI=1S/C9H4F2N4O3/c10-6-1-2-7(15(17)18)9(8(6)11)14-3-5(4-16)12-13-14/h1-4H. The van der Waals surface area contributed by atoms with Gasteiger partial charge in [-0.2, -0.15) is 0 Å². The second-order valence-electron chi connectivity index (χ2n) is 3.19. The van der Waals surface area contributed by atoms with Gasteiger partial charge >= 0.3 is 0 Å². The zero-order valence-corrected chi connectivity index (χ0v) is 8.58. The fourth-order valence-electron chi connectivity index (χ4n) is 1.34. The second kappa shape index (κ2) is 4.28. The summed E-state index contributed by atoms with van der Waals surface area (Å²) < 4.78 is 27.3. The quantitative estimate of drug-likeness (QED) is 0.467. The number of aromatic nitrogens is 3. The molecule has 2 rings (SSSR count). The molecule has 0 bridgehead atoms. The van der Waals surface area contributed by atoms with Gasteiger partial charge in [-0.15, -0.1) is 5.10 Å². The summed E-state index contributed by atoms with van der Waals surface area (Å²) in [6.07, 6.45) is 1.28. The highest BCUT2D eigenvalue weighted by atomic mass is 19.2. The Morgan fingerprint density at radius 1 is 1.39 bits per heavy atom. The number of halogens is 2. The van der Waals surface area contributed by atoms with Gasteiger partial charge in [-0.1, -0.05) is 5.21 Å². The summed E-state index contributed by atoms with van der Waals surface area (Å²) in [4.78, 5) is 20.2. The van der Waals surface area contributed by atoms with Crippen LogP contribution in [-0.2, 0) is 0 Å². The van der Waals surface area contributed by atoms with Crippen LogP contribution in [0.25, 0.3) is 5.69 Å². The van der Waals surface area contributed by atoms with E-state index in [2.05, 4.69) is 10.3 Å². The Labute approximate surface area is 97.8 Å². The van der Waals surface area contributed by atoms with E-state index in [0.29, 0.717) is 17.0 Å². The first kappa shape index (κ1) is 11.8. The maximum atomic E-state index is 13.6. The van der Waals surface area contributed by atoms with Crippen LogP contribution < -0.4 is 0 Å². The number of carbonyl (C=O) groups excluding carboxylic acids is 1. The normalized spacial score (nSPS) is 10.3. The SMILES string of the molecule is O=Cc1cn(-c2c([N+](=O)[O-])ccc(F)c2F)nn1. The van der Waals surface area contributed by atoms with Crippen LogP contribution in [0.5, 0.6) is 0 Å².